The van der Waals surface area contributed by atoms with Gasteiger partial charge >= 0.3 is 6.47 Å². The first kappa shape index (κ1) is 9.26. The van der Waals surface area contributed by atoms with Crippen LogP contribution in [0.2, 0.25) is 0 Å². The molecule has 0 bridgehead atoms. The maximum atomic E-state index is 9.65. The van der Waals surface area contributed by atoms with E-state index < -0.39 is 0 Å². The van der Waals surface area contributed by atoms with Gasteiger partial charge in [0.2, 0.25) is 0 Å². The average Bonchev–Trinajstić information content (AvgIpc) is 2.57. The Hall–Kier alpha value is -0.830. The van der Waals surface area contributed by atoms with Crippen molar-refractivity contribution in [2.75, 3.05) is 6.61 Å². The van der Waals surface area contributed by atoms with E-state index in [0.717, 1.165) is 19.3 Å². The van der Waals surface area contributed by atoms with Crippen LogP contribution in [0.1, 0.15) is 18.4 Å². The van der Waals surface area contributed by atoms with E-state index in [2.05, 4.69) is 21.6 Å². The van der Waals surface area contributed by atoms with Gasteiger partial charge in [-0.1, -0.05) is 0 Å². The van der Waals surface area contributed by atoms with Crippen LogP contribution in [0.3, 0.4) is 0 Å². The van der Waals surface area contributed by atoms with Crippen molar-refractivity contribution in [3.8, 4) is 0 Å². The van der Waals surface area contributed by atoms with Gasteiger partial charge in [0.15, 0.2) is 0 Å². The van der Waals surface area contributed by atoms with E-state index in [1.807, 2.05) is 0 Å². The van der Waals surface area contributed by atoms with Gasteiger partial charge in [0.1, 0.15) is 0 Å². The SMILES string of the molecule is O=[C]OCCCCc1ccsc1. The van der Waals surface area contributed by atoms with E-state index >= 15 is 0 Å². The Morgan fingerprint density at radius 3 is 3.08 bits per heavy atom. The molecule has 0 unspecified atom stereocenters. The van der Waals surface area contributed by atoms with Crippen LogP contribution >= 0.6 is 11.3 Å². The van der Waals surface area contributed by atoms with Gasteiger partial charge in [0, 0.05) is 0 Å². The van der Waals surface area contributed by atoms with Crippen molar-refractivity contribution < 1.29 is 9.53 Å². The summed E-state index contributed by atoms with van der Waals surface area (Å²) in [6, 6.07) is 2.12. The lowest BCUT2D eigenvalue weighted by molar-refractivity contribution is 0.270. The fourth-order valence-electron chi connectivity index (χ4n) is 0.980. The lowest BCUT2D eigenvalue weighted by Crippen LogP contribution is -1.92. The molecule has 0 fully saturated rings. The summed E-state index contributed by atoms with van der Waals surface area (Å²) in [5.41, 5.74) is 1.37. The maximum Gasteiger partial charge on any atom is 0.417 e. The van der Waals surface area contributed by atoms with Crippen molar-refractivity contribution in [2.24, 2.45) is 0 Å². The highest BCUT2D eigenvalue weighted by Gasteiger charge is 1.93. The van der Waals surface area contributed by atoms with Crippen LogP contribution in [0.15, 0.2) is 16.8 Å². The lowest BCUT2D eigenvalue weighted by Gasteiger charge is -1.96. The van der Waals surface area contributed by atoms with Crippen LogP contribution < -0.4 is 0 Å². The van der Waals surface area contributed by atoms with E-state index in [1.165, 1.54) is 12.0 Å². The predicted molar refractivity (Wildman–Crippen MR) is 48.9 cm³/mol. The summed E-state index contributed by atoms with van der Waals surface area (Å²) < 4.78 is 4.45. The quantitative estimate of drug-likeness (QED) is 0.632. The van der Waals surface area contributed by atoms with Gasteiger partial charge in [-0.2, -0.15) is 11.3 Å². The second-order valence-electron chi connectivity index (χ2n) is 2.52. The largest absolute Gasteiger partial charge is 0.457 e. The monoisotopic (exact) mass is 183 g/mol. The zero-order chi connectivity index (χ0) is 8.65. The highest BCUT2D eigenvalue weighted by atomic mass is 32.1. The molecule has 12 heavy (non-hydrogen) atoms. The molecular weight excluding hydrogens is 172 g/mol. The van der Waals surface area contributed by atoms with Crippen molar-refractivity contribution in [3.63, 3.8) is 0 Å². The summed E-state index contributed by atoms with van der Waals surface area (Å²) in [4.78, 5) is 9.65. The summed E-state index contributed by atoms with van der Waals surface area (Å²) in [5, 5.41) is 4.22. The highest BCUT2D eigenvalue weighted by Crippen LogP contribution is 2.09. The van der Waals surface area contributed by atoms with Crippen LogP contribution in [-0.4, -0.2) is 13.1 Å². The standard InChI is InChI=1S/C9H11O2S/c10-8-11-5-2-1-3-9-4-6-12-7-9/h4,6-7H,1-3,5H2. The van der Waals surface area contributed by atoms with Crippen molar-refractivity contribution in [1.29, 1.82) is 0 Å². The molecule has 1 radical (unpaired) electrons. The first-order valence-corrected chi connectivity index (χ1v) is 4.88. The molecule has 0 aliphatic rings. The van der Waals surface area contributed by atoms with Gasteiger partial charge in [0.05, 0.1) is 6.61 Å². The Labute approximate surface area is 76.2 Å². The van der Waals surface area contributed by atoms with Gasteiger partial charge in [-0.3, -0.25) is 0 Å². The normalized spacial score (nSPS) is 9.67. The first-order chi connectivity index (χ1) is 5.93. The number of ether oxygens (including phenoxy) is 1. The molecule has 65 valence electrons. The Bertz CT molecular complexity index is 206. The summed E-state index contributed by atoms with van der Waals surface area (Å²) >= 11 is 1.71. The molecule has 1 rings (SSSR count). The van der Waals surface area contributed by atoms with Gasteiger partial charge in [0.25, 0.3) is 0 Å². The molecule has 3 heteroatoms. The summed E-state index contributed by atoms with van der Waals surface area (Å²) in [6.45, 7) is 1.91. The van der Waals surface area contributed by atoms with Crippen LogP contribution in [0.25, 0.3) is 0 Å². The Kier molecular flexibility index (Phi) is 4.46. The zero-order valence-corrected chi connectivity index (χ0v) is 7.60. The fourth-order valence-corrected chi connectivity index (χ4v) is 1.68. The topological polar surface area (TPSA) is 26.3 Å². The second-order valence-corrected chi connectivity index (χ2v) is 3.30. The van der Waals surface area contributed by atoms with E-state index in [4.69, 9.17) is 0 Å². The molecule has 1 heterocycles. The van der Waals surface area contributed by atoms with Crippen molar-refractivity contribution in [2.45, 2.75) is 19.3 Å². The van der Waals surface area contributed by atoms with Crippen LogP contribution in [-0.2, 0) is 16.0 Å². The van der Waals surface area contributed by atoms with Gasteiger partial charge < -0.3 is 4.74 Å². The minimum absolute atomic E-state index is 0.494. The predicted octanol–water partition coefficient (Wildman–Crippen LogP) is 2.15. The molecule has 0 spiro atoms. The van der Waals surface area contributed by atoms with E-state index in [0.29, 0.717) is 6.61 Å². The van der Waals surface area contributed by atoms with E-state index in [1.54, 1.807) is 11.3 Å². The number of thiophene rings is 1. The van der Waals surface area contributed by atoms with Crippen LogP contribution in [0.4, 0.5) is 0 Å². The zero-order valence-electron chi connectivity index (χ0n) is 6.79. The fraction of sp³-hybridized carbons (Fsp3) is 0.444. The molecule has 0 aromatic carbocycles. The molecule has 0 saturated carbocycles. The lowest BCUT2D eigenvalue weighted by atomic mass is 10.1. The third-order valence-electron chi connectivity index (χ3n) is 1.60. The Balaban J connectivity index is 2.00. The maximum absolute atomic E-state index is 9.65. The molecule has 1 aromatic heterocycles. The van der Waals surface area contributed by atoms with E-state index in [9.17, 15) is 4.79 Å². The third kappa shape index (κ3) is 3.53. The van der Waals surface area contributed by atoms with Gasteiger partial charge in [-0.15, -0.1) is 0 Å². The number of rotatable bonds is 6. The average molecular weight is 183 g/mol. The third-order valence-corrected chi connectivity index (χ3v) is 2.33. The number of hydrogen-bond acceptors (Lipinski definition) is 3. The Morgan fingerprint density at radius 2 is 2.42 bits per heavy atom. The molecule has 0 amide bonds. The van der Waals surface area contributed by atoms with Crippen LogP contribution in [0, 0.1) is 0 Å². The summed E-state index contributed by atoms with van der Waals surface area (Å²) in [7, 11) is 0. The minimum Gasteiger partial charge on any atom is -0.457 e. The molecule has 1 aromatic rings. The minimum atomic E-state index is 0.494. The number of carbonyl (C=O) groups excluding carboxylic acids is 1. The Morgan fingerprint density at radius 1 is 1.50 bits per heavy atom. The number of unbranched alkanes of at least 4 members (excludes halogenated alkanes) is 1. The number of hydrogen-bond donors (Lipinski definition) is 0. The first-order valence-electron chi connectivity index (χ1n) is 3.93. The van der Waals surface area contributed by atoms with Crippen molar-refractivity contribution >= 4 is 17.8 Å². The van der Waals surface area contributed by atoms with Crippen molar-refractivity contribution in [1.82, 2.24) is 0 Å². The van der Waals surface area contributed by atoms with Gasteiger partial charge in [-0.05, 0) is 41.7 Å². The molecule has 0 N–H and O–H groups in total. The summed E-state index contributed by atoms with van der Waals surface area (Å²) in [5.74, 6) is 0. The second kappa shape index (κ2) is 5.77. The number of aryl methyl sites for hydroxylation is 1. The van der Waals surface area contributed by atoms with Crippen LogP contribution in [0.5, 0.6) is 0 Å². The molecule has 0 aliphatic heterocycles. The molecule has 0 saturated heterocycles. The molecule has 0 atom stereocenters. The van der Waals surface area contributed by atoms with E-state index in [-0.39, 0.29) is 0 Å². The molecule has 0 aliphatic carbocycles. The summed E-state index contributed by atoms with van der Waals surface area (Å²) in [6.07, 6.45) is 3.06. The molecule has 2 nitrogen and oxygen atoms in total. The highest BCUT2D eigenvalue weighted by molar-refractivity contribution is 7.07. The van der Waals surface area contributed by atoms with Gasteiger partial charge in [-0.25, -0.2) is 4.79 Å². The smallest absolute Gasteiger partial charge is 0.417 e. The molecular formula is C9H11O2S. The van der Waals surface area contributed by atoms with Crippen molar-refractivity contribution in [3.05, 3.63) is 22.4 Å².